The molecule has 2 aromatic rings. The molecule has 2 rings (SSSR count). The van der Waals surface area contributed by atoms with Gasteiger partial charge in [-0.2, -0.15) is 5.48 Å². The number of aromatic amines is 1. The van der Waals surface area contributed by atoms with Crippen molar-refractivity contribution in [2.24, 2.45) is 5.92 Å². The molecule has 1 amide bonds. The number of fused-ring (bicyclic) bond motifs is 1. The van der Waals surface area contributed by atoms with Crippen LogP contribution in [0.3, 0.4) is 0 Å². The Balaban J connectivity index is 2.06. The molecule has 0 fully saturated rings. The second-order valence-corrected chi connectivity index (χ2v) is 4.79. The fourth-order valence-corrected chi connectivity index (χ4v) is 1.73. The highest BCUT2D eigenvalue weighted by molar-refractivity contribution is 6.31. The van der Waals surface area contributed by atoms with Crippen LogP contribution >= 0.6 is 11.6 Å². The van der Waals surface area contributed by atoms with E-state index in [1.54, 1.807) is 24.3 Å². The maximum Gasteiger partial charge on any atom is 0.337 e. The lowest BCUT2D eigenvalue weighted by Crippen LogP contribution is -2.31. The third-order valence-corrected chi connectivity index (χ3v) is 2.98. The molecule has 1 heterocycles. The van der Waals surface area contributed by atoms with E-state index in [9.17, 15) is 9.59 Å². The van der Waals surface area contributed by atoms with Crippen molar-refractivity contribution in [2.45, 2.75) is 6.92 Å². The molecule has 0 aliphatic carbocycles. The zero-order valence-corrected chi connectivity index (χ0v) is 11.4. The first-order valence-electron chi connectivity index (χ1n) is 5.91. The fourth-order valence-electron chi connectivity index (χ4n) is 1.55. The van der Waals surface area contributed by atoms with Gasteiger partial charge in [0.1, 0.15) is 5.69 Å². The van der Waals surface area contributed by atoms with Crippen molar-refractivity contribution in [1.82, 2.24) is 10.5 Å². The van der Waals surface area contributed by atoms with E-state index >= 15 is 0 Å². The number of amides is 1. The number of H-pyrrole nitrogens is 1. The van der Waals surface area contributed by atoms with Crippen molar-refractivity contribution in [3.8, 4) is 0 Å². The van der Waals surface area contributed by atoms with E-state index in [4.69, 9.17) is 16.7 Å². The molecule has 0 aliphatic rings. The van der Waals surface area contributed by atoms with Gasteiger partial charge in [-0.05, 0) is 31.2 Å². The molecule has 1 unspecified atom stereocenters. The molecule has 0 spiro atoms. The number of hydroxylamine groups is 1. The summed E-state index contributed by atoms with van der Waals surface area (Å²) in [4.78, 5) is 30.6. The number of carbonyl (C=O) groups excluding carboxylic acids is 2. The van der Waals surface area contributed by atoms with Gasteiger partial charge in [-0.15, -0.1) is 0 Å². The third kappa shape index (κ3) is 3.09. The van der Waals surface area contributed by atoms with Crippen LogP contribution in [0.2, 0.25) is 5.02 Å². The van der Waals surface area contributed by atoms with Crippen LogP contribution in [0.5, 0.6) is 0 Å². The molecule has 1 atom stereocenters. The van der Waals surface area contributed by atoms with E-state index in [1.807, 2.05) is 5.48 Å². The fraction of sp³-hybridized carbons (Fsp3) is 0.231. The molecule has 20 heavy (non-hydrogen) atoms. The average Bonchev–Trinajstić information content (AvgIpc) is 2.86. The molecule has 6 nitrogen and oxygen atoms in total. The Morgan fingerprint density at radius 1 is 1.45 bits per heavy atom. The summed E-state index contributed by atoms with van der Waals surface area (Å²) in [6.45, 7) is 1.14. The zero-order valence-electron chi connectivity index (χ0n) is 10.6. The standard InChI is InChI=1S/C13H13ClN2O4/c1-7(6-17)13(19)20-16-12(18)11-5-8-4-9(14)2-3-10(8)15-11/h2-5,7,15,17H,6H2,1H3,(H,16,18). The SMILES string of the molecule is CC(CO)C(=O)ONC(=O)c1cc2cc(Cl)ccc2[nH]1. The van der Waals surface area contributed by atoms with Gasteiger partial charge in [0.15, 0.2) is 0 Å². The Kier molecular flexibility index (Phi) is 4.26. The van der Waals surface area contributed by atoms with Gasteiger partial charge in [0, 0.05) is 15.9 Å². The molecule has 1 aromatic heterocycles. The first kappa shape index (κ1) is 14.4. The average molecular weight is 297 g/mol. The van der Waals surface area contributed by atoms with Crippen molar-refractivity contribution in [3.63, 3.8) is 0 Å². The number of halogens is 1. The summed E-state index contributed by atoms with van der Waals surface area (Å²) in [7, 11) is 0. The first-order valence-corrected chi connectivity index (χ1v) is 6.29. The molecule has 0 aliphatic heterocycles. The van der Waals surface area contributed by atoms with Crippen LogP contribution in [0.15, 0.2) is 24.3 Å². The lowest BCUT2D eigenvalue weighted by Gasteiger charge is -2.07. The predicted molar refractivity (Wildman–Crippen MR) is 73.1 cm³/mol. The number of aliphatic hydroxyl groups is 1. The van der Waals surface area contributed by atoms with Crippen molar-refractivity contribution < 1.29 is 19.5 Å². The van der Waals surface area contributed by atoms with E-state index in [-0.39, 0.29) is 12.3 Å². The van der Waals surface area contributed by atoms with Crippen LogP contribution in [0.25, 0.3) is 10.9 Å². The third-order valence-electron chi connectivity index (χ3n) is 2.75. The van der Waals surface area contributed by atoms with Crippen LogP contribution in [0, 0.1) is 5.92 Å². The lowest BCUT2D eigenvalue weighted by molar-refractivity contribution is -0.154. The van der Waals surface area contributed by atoms with Crippen molar-refractivity contribution >= 4 is 34.4 Å². The molecule has 7 heteroatoms. The smallest absolute Gasteiger partial charge is 0.337 e. The van der Waals surface area contributed by atoms with Gasteiger partial charge in [-0.25, -0.2) is 4.79 Å². The van der Waals surface area contributed by atoms with Crippen molar-refractivity contribution in [2.75, 3.05) is 6.61 Å². The molecule has 3 N–H and O–H groups in total. The van der Waals surface area contributed by atoms with Gasteiger partial charge < -0.3 is 14.9 Å². The monoisotopic (exact) mass is 296 g/mol. The second-order valence-electron chi connectivity index (χ2n) is 4.35. The number of hydrogen-bond acceptors (Lipinski definition) is 4. The highest BCUT2D eigenvalue weighted by atomic mass is 35.5. The molecule has 0 saturated heterocycles. The Labute approximate surface area is 119 Å². The minimum Gasteiger partial charge on any atom is -0.395 e. The molecule has 106 valence electrons. The van der Waals surface area contributed by atoms with Gasteiger partial charge in [0.25, 0.3) is 5.91 Å². The van der Waals surface area contributed by atoms with Crippen LogP contribution in [0.4, 0.5) is 0 Å². The summed E-state index contributed by atoms with van der Waals surface area (Å²) in [5.41, 5.74) is 3.01. The summed E-state index contributed by atoms with van der Waals surface area (Å²) >= 11 is 5.85. The molecule has 1 aromatic carbocycles. The molecule has 0 radical (unpaired) electrons. The van der Waals surface area contributed by atoms with Crippen LogP contribution in [-0.2, 0) is 9.63 Å². The summed E-state index contributed by atoms with van der Waals surface area (Å²) in [6.07, 6.45) is 0. The second kappa shape index (κ2) is 5.94. The van der Waals surface area contributed by atoms with Crippen LogP contribution in [0.1, 0.15) is 17.4 Å². The number of hydrogen-bond donors (Lipinski definition) is 3. The number of carbonyl (C=O) groups is 2. The van der Waals surface area contributed by atoms with Gasteiger partial charge in [-0.3, -0.25) is 4.79 Å². The summed E-state index contributed by atoms with van der Waals surface area (Å²) in [5.74, 6) is -1.99. The Bertz CT molecular complexity index is 653. The molecule has 0 saturated carbocycles. The Morgan fingerprint density at radius 2 is 2.20 bits per heavy atom. The van der Waals surface area contributed by atoms with E-state index < -0.39 is 17.8 Å². The quantitative estimate of drug-likeness (QED) is 0.751. The Morgan fingerprint density at radius 3 is 2.90 bits per heavy atom. The zero-order chi connectivity index (χ0) is 14.7. The van der Waals surface area contributed by atoms with Crippen molar-refractivity contribution in [3.05, 3.63) is 35.0 Å². The highest BCUT2D eigenvalue weighted by Gasteiger charge is 2.16. The van der Waals surface area contributed by atoms with Gasteiger partial charge in [0.2, 0.25) is 0 Å². The number of rotatable bonds is 3. The maximum atomic E-state index is 11.8. The van der Waals surface area contributed by atoms with Crippen LogP contribution < -0.4 is 5.48 Å². The van der Waals surface area contributed by atoms with Crippen LogP contribution in [-0.4, -0.2) is 28.6 Å². The van der Waals surface area contributed by atoms with Gasteiger partial charge in [0.05, 0.1) is 12.5 Å². The topological polar surface area (TPSA) is 91.4 Å². The van der Waals surface area contributed by atoms with E-state index in [0.717, 1.165) is 10.9 Å². The van der Waals surface area contributed by atoms with Gasteiger partial charge >= 0.3 is 5.97 Å². The molecular formula is C13H13ClN2O4. The molecule has 0 bridgehead atoms. The molecular weight excluding hydrogens is 284 g/mol. The number of benzene rings is 1. The maximum absolute atomic E-state index is 11.8. The predicted octanol–water partition coefficient (Wildman–Crippen LogP) is 1.64. The summed E-state index contributed by atoms with van der Waals surface area (Å²) in [6, 6.07) is 6.75. The van der Waals surface area contributed by atoms with E-state index in [1.165, 1.54) is 6.92 Å². The lowest BCUT2D eigenvalue weighted by atomic mass is 10.2. The van der Waals surface area contributed by atoms with Crippen molar-refractivity contribution in [1.29, 1.82) is 0 Å². The number of nitrogens with one attached hydrogen (secondary N) is 2. The van der Waals surface area contributed by atoms with Gasteiger partial charge in [-0.1, -0.05) is 11.6 Å². The highest BCUT2D eigenvalue weighted by Crippen LogP contribution is 2.20. The summed E-state index contributed by atoms with van der Waals surface area (Å²) in [5, 5.41) is 10.1. The minimum atomic E-state index is -0.708. The minimum absolute atomic E-state index is 0.242. The van der Waals surface area contributed by atoms with E-state index in [2.05, 4.69) is 9.82 Å². The largest absolute Gasteiger partial charge is 0.395 e. The van der Waals surface area contributed by atoms with E-state index in [0.29, 0.717) is 5.02 Å². The summed E-state index contributed by atoms with van der Waals surface area (Å²) < 4.78 is 0. The first-order chi connectivity index (χ1) is 9.51. The Hall–Kier alpha value is -2.05. The number of aliphatic hydroxyl groups excluding tert-OH is 1. The normalized spacial score (nSPS) is 12.2. The number of aromatic nitrogens is 1.